The van der Waals surface area contributed by atoms with E-state index in [4.69, 9.17) is 5.73 Å². The van der Waals surface area contributed by atoms with Crippen LogP contribution in [0.3, 0.4) is 0 Å². The number of anilines is 1. The van der Waals surface area contributed by atoms with Crippen molar-refractivity contribution in [1.29, 1.82) is 0 Å². The van der Waals surface area contributed by atoms with Gasteiger partial charge in [0.05, 0.1) is 6.21 Å². The lowest BCUT2D eigenvalue weighted by Crippen LogP contribution is -2.26. The summed E-state index contributed by atoms with van der Waals surface area (Å²) in [5.41, 5.74) is 9.81. The van der Waals surface area contributed by atoms with E-state index in [1.807, 2.05) is 24.3 Å². The van der Waals surface area contributed by atoms with Crippen molar-refractivity contribution in [3.05, 3.63) is 45.7 Å². The van der Waals surface area contributed by atoms with Crippen molar-refractivity contribution in [2.75, 3.05) is 18.8 Å². The van der Waals surface area contributed by atoms with Gasteiger partial charge in [0.25, 0.3) is 5.91 Å². The molecule has 1 aliphatic rings. The largest absolute Gasteiger partial charge is 0.378 e. The Morgan fingerprint density at radius 2 is 2.17 bits per heavy atom. The molecule has 0 bridgehead atoms. The second-order valence-corrected chi connectivity index (χ2v) is 7.42. The summed E-state index contributed by atoms with van der Waals surface area (Å²) >= 11 is 3.40. The normalized spacial score (nSPS) is 14.7. The van der Waals surface area contributed by atoms with Crippen molar-refractivity contribution in [2.24, 2.45) is 5.10 Å². The molecule has 3 aromatic rings. The number of nitrogens with one attached hydrogen (secondary N) is 1. The molecule has 4 rings (SSSR count). The molecule has 0 unspecified atom stereocenters. The minimum Gasteiger partial charge on any atom is -0.378 e. The van der Waals surface area contributed by atoms with Gasteiger partial charge >= 0.3 is 0 Å². The molecule has 29 heavy (non-hydrogen) atoms. The molecule has 0 saturated carbocycles. The molecule has 1 aromatic carbocycles. The molecule has 3 heterocycles. The number of nitrogens with two attached hydrogens (primary N) is 1. The van der Waals surface area contributed by atoms with Crippen LogP contribution in [0.5, 0.6) is 0 Å². The molecule has 0 aliphatic carbocycles. The number of amides is 1. The molecule has 12 heteroatoms. The molecule has 0 radical (unpaired) electrons. The van der Waals surface area contributed by atoms with E-state index in [1.165, 1.54) is 4.68 Å². The average Bonchev–Trinajstić information content (AvgIpc) is 3.43. The number of aromatic nitrogens is 5. The Morgan fingerprint density at radius 3 is 2.90 bits per heavy atom. The fraction of sp³-hybridized carbons (Fsp3) is 0.294. The smallest absolute Gasteiger partial charge is 0.292 e. The zero-order chi connectivity index (χ0) is 20.2. The van der Waals surface area contributed by atoms with Gasteiger partial charge in [-0.15, -0.1) is 5.10 Å². The van der Waals surface area contributed by atoms with Crippen molar-refractivity contribution < 1.29 is 9.42 Å². The van der Waals surface area contributed by atoms with E-state index >= 15 is 0 Å². The van der Waals surface area contributed by atoms with Gasteiger partial charge in [-0.3, -0.25) is 9.69 Å². The first-order chi connectivity index (χ1) is 14.1. The van der Waals surface area contributed by atoms with Crippen molar-refractivity contribution >= 4 is 33.9 Å². The Bertz CT molecular complexity index is 1040. The summed E-state index contributed by atoms with van der Waals surface area (Å²) in [4.78, 5) is 15.1. The highest BCUT2D eigenvalue weighted by molar-refractivity contribution is 9.10. The van der Waals surface area contributed by atoms with E-state index in [2.05, 4.69) is 56.6 Å². The lowest BCUT2D eigenvalue weighted by atomic mass is 10.2. The van der Waals surface area contributed by atoms with E-state index in [9.17, 15) is 4.79 Å². The highest BCUT2D eigenvalue weighted by Crippen LogP contribution is 2.19. The number of nitrogens with zero attached hydrogens (tertiary/aromatic N) is 7. The third-order valence-electron chi connectivity index (χ3n) is 4.45. The van der Waals surface area contributed by atoms with E-state index in [1.54, 1.807) is 6.21 Å². The first-order valence-electron chi connectivity index (χ1n) is 8.96. The fourth-order valence-electron chi connectivity index (χ4n) is 3.09. The quantitative estimate of drug-likeness (QED) is 0.415. The Kier molecular flexibility index (Phi) is 5.62. The maximum absolute atomic E-state index is 12.9. The molecule has 11 nitrogen and oxygen atoms in total. The van der Waals surface area contributed by atoms with Crippen LogP contribution in [0, 0.1) is 0 Å². The summed E-state index contributed by atoms with van der Waals surface area (Å²) in [5, 5.41) is 19.5. The predicted octanol–water partition coefficient (Wildman–Crippen LogP) is 1.35. The number of likely N-dealkylation sites (tertiary alicyclic amines) is 1. The lowest BCUT2D eigenvalue weighted by molar-refractivity contribution is 0.0945. The molecule has 0 spiro atoms. The number of carbonyl (C=O) groups excluding carboxylic acids is 1. The summed E-state index contributed by atoms with van der Waals surface area (Å²) in [6.45, 7) is 2.38. The van der Waals surface area contributed by atoms with Gasteiger partial charge in [0, 0.05) is 11.0 Å². The molecule has 0 atom stereocenters. The van der Waals surface area contributed by atoms with Crippen molar-refractivity contribution in [3.8, 4) is 5.82 Å². The van der Waals surface area contributed by atoms with Gasteiger partial charge in [-0.25, -0.2) is 10.1 Å². The predicted molar refractivity (Wildman–Crippen MR) is 107 cm³/mol. The Hall–Kier alpha value is -3.12. The van der Waals surface area contributed by atoms with Crippen LogP contribution >= 0.6 is 15.9 Å². The van der Waals surface area contributed by atoms with E-state index in [0.717, 1.165) is 36.0 Å². The second kappa shape index (κ2) is 8.49. The lowest BCUT2D eigenvalue weighted by Gasteiger charge is -2.13. The summed E-state index contributed by atoms with van der Waals surface area (Å²) < 4.78 is 6.77. The third kappa shape index (κ3) is 4.32. The van der Waals surface area contributed by atoms with E-state index in [-0.39, 0.29) is 17.3 Å². The summed E-state index contributed by atoms with van der Waals surface area (Å²) in [7, 11) is 0. The van der Waals surface area contributed by atoms with Gasteiger partial charge in [-0.2, -0.15) is 9.78 Å². The third-order valence-corrected chi connectivity index (χ3v) is 4.94. The fourth-order valence-corrected chi connectivity index (χ4v) is 3.51. The van der Waals surface area contributed by atoms with Crippen molar-refractivity contribution in [1.82, 2.24) is 35.6 Å². The van der Waals surface area contributed by atoms with E-state index in [0.29, 0.717) is 12.2 Å². The van der Waals surface area contributed by atoms with Crippen molar-refractivity contribution in [3.63, 3.8) is 0 Å². The number of hydrogen-bond donors (Lipinski definition) is 2. The van der Waals surface area contributed by atoms with Gasteiger partial charge in [-0.1, -0.05) is 33.3 Å². The topological polar surface area (TPSA) is 140 Å². The zero-order valence-corrected chi connectivity index (χ0v) is 16.9. The minimum absolute atomic E-state index is 0.00862. The van der Waals surface area contributed by atoms with Crippen LogP contribution in [0.25, 0.3) is 5.82 Å². The number of halogens is 1. The summed E-state index contributed by atoms with van der Waals surface area (Å²) in [5.74, 6) is -0.376. The second-order valence-electron chi connectivity index (χ2n) is 6.51. The number of hydrogen-bond acceptors (Lipinski definition) is 9. The van der Waals surface area contributed by atoms with Crippen LogP contribution in [0.4, 0.5) is 5.82 Å². The van der Waals surface area contributed by atoms with Crippen LogP contribution in [0.1, 0.15) is 34.6 Å². The maximum atomic E-state index is 12.9. The monoisotopic (exact) mass is 459 g/mol. The van der Waals surface area contributed by atoms with E-state index < -0.39 is 5.91 Å². The molecule has 2 aromatic heterocycles. The summed E-state index contributed by atoms with van der Waals surface area (Å²) in [6.07, 6.45) is 3.78. The molecule has 150 valence electrons. The molecular weight excluding hydrogens is 442 g/mol. The Balaban J connectivity index is 1.59. The number of benzene rings is 1. The molecule has 3 N–H and O–H groups in total. The number of carbonyl (C=O) groups is 1. The highest BCUT2D eigenvalue weighted by Gasteiger charge is 2.26. The van der Waals surface area contributed by atoms with Gasteiger partial charge in [0.1, 0.15) is 5.69 Å². The van der Waals surface area contributed by atoms with Gasteiger partial charge in [0.15, 0.2) is 5.69 Å². The maximum Gasteiger partial charge on any atom is 0.292 e. The summed E-state index contributed by atoms with van der Waals surface area (Å²) in [6, 6.07) is 7.52. The molecule has 1 fully saturated rings. The van der Waals surface area contributed by atoms with Gasteiger partial charge in [-0.05, 0) is 53.9 Å². The highest BCUT2D eigenvalue weighted by atomic mass is 79.9. The van der Waals surface area contributed by atoms with Crippen LogP contribution in [-0.2, 0) is 6.54 Å². The Labute approximate surface area is 174 Å². The average molecular weight is 460 g/mol. The van der Waals surface area contributed by atoms with Crippen LogP contribution in [-0.4, -0.2) is 55.4 Å². The molecule has 1 amide bonds. The van der Waals surface area contributed by atoms with Gasteiger partial charge < -0.3 is 5.73 Å². The van der Waals surface area contributed by atoms with Crippen LogP contribution in [0.15, 0.2) is 38.5 Å². The number of hydrazone groups is 1. The molecule has 1 saturated heterocycles. The van der Waals surface area contributed by atoms with Crippen molar-refractivity contribution in [2.45, 2.75) is 19.4 Å². The number of rotatable bonds is 6. The Morgan fingerprint density at radius 1 is 1.34 bits per heavy atom. The first kappa shape index (κ1) is 19.2. The molecular formula is C17H18BrN9O2. The molecule has 1 aliphatic heterocycles. The zero-order valence-electron chi connectivity index (χ0n) is 15.3. The van der Waals surface area contributed by atoms with Crippen LogP contribution in [0.2, 0.25) is 0 Å². The van der Waals surface area contributed by atoms with Gasteiger partial charge in [0.2, 0.25) is 11.6 Å². The van der Waals surface area contributed by atoms with Crippen LogP contribution < -0.4 is 11.2 Å². The first-order valence-corrected chi connectivity index (χ1v) is 9.75. The number of nitrogen functional groups attached to an aromatic ring is 1. The minimum atomic E-state index is -0.488. The standard InChI is InChI=1S/C17H18BrN9O2/c18-12-5-3-4-11(8-12)9-20-22-17(28)14-13(10-26-6-1-2-7-26)21-25-27(14)16-15(19)23-29-24-16/h3-5,8-9H,1-2,6-7,10H2,(H2,19,23)(H,22,28)/b20-9+. The SMILES string of the molecule is Nc1nonc1-n1nnc(CN2CCCC2)c1C(=O)N/N=C/c1cccc(Br)c1.